The van der Waals surface area contributed by atoms with E-state index in [0.29, 0.717) is 30.8 Å². The molecule has 6 heteroatoms. The molecule has 0 saturated carbocycles. The van der Waals surface area contributed by atoms with Gasteiger partial charge >= 0.3 is 0 Å². The molecule has 2 heterocycles. The Hall–Kier alpha value is -3.28. The highest BCUT2D eigenvalue weighted by molar-refractivity contribution is 5.98. The SMILES string of the molecule is Cc1nc(-c2cccc(C(=O)NC3CCC(=O)N(C)C3)c2)c2ccccc2n1. The summed E-state index contributed by atoms with van der Waals surface area (Å²) in [7, 11) is 1.77. The molecule has 2 aromatic carbocycles. The van der Waals surface area contributed by atoms with Crippen LogP contribution in [-0.4, -0.2) is 46.3 Å². The predicted molar refractivity (Wildman–Crippen MR) is 108 cm³/mol. The number of fused-ring (bicyclic) bond motifs is 1. The molecule has 0 spiro atoms. The molecule has 4 rings (SSSR count). The van der Waals surface area contributed by atoms with Crippen LogP contribution in [0.15, 0.2) is 48.5 Å². The smallest absolute Gasteiger partial charge is 0.251 e. The number of nitrogens with one attached hydrogen (secondary N) is 1. The molecule has 1 fully saturated rings. The molecule has 1 aromatic heterocycles. The molecule has 1 aliphatic rings. The number of likely N-dealkylation sites (tertiary alicyclic amines) is 1. The maximum absolute atomic E-state index is 12.8. The zero-order chi connectivity index (χ0) is 19.7. The van der Waals surface area contributed by atoms with Gasteiger partial charge in [-0.3, -0.25) is 9.59 Å². The normalized spacial score (nSPS) is 17.0. The zero-order valence-corrected chi connectivity index (χ0v) is 16.0. The Morgan fingerprint density at radius 3 is 2.79 bits per heavy atom. The molecule has 1 atom stereocenters. The highest BCUT2D eigenvalue weighted by Crippen LogP contribution is 2.26. The number of likely N-dealkylation sites (N-methyl/N-ethyl adjacent to an activating group) is 1. The fourth-order valence-corrected chi connectivity index (χ4v) is 3.62. The van der Waals surface area contributed by atoms with Crippen LogP contribution in [-0.2, 0) is 4.79 Å². The maximum atomic E-state index is 12.8. The minimum absolute atomic E-state index is 0.0269. The number of amides is 2. The third-order valence-corrected chi connectivity index (χ3v) is 5.08. The Labute approximate surface area is 163 Å². The largest absolute Gasteiger partial charge is 0.348 e. The topological polar surface area (TPSA) is 75.2 Å². The first-order valence-corrected chi connectivity index (χ1v) is 9.40. The van der Waals surface area contributed by atoms with Crippen LogP contribution in [0.5, 0.6) is 0 Å². The van der Waals surface area contributed by atoms with Gasteiger partial charge in [-0.2, -0.15) is 0 Å². The molecule has 6 nitrogen and oxygen atoms in total. The van der Waals surface area contributed by atoms with E-state index in [1.165, 1.54) is 0 Å². The van der Waals surface area contributed by atoms with Crippen molar-refractivity contribution in [1.29, 1.82) is 0 Å². The summed E-state index contributed by atoms with van der Waals surface area (Å²) in [6, 6.07) is 15.3. The first kappa shape index (κ1) is 18.1. The molecule has 0 radical (unpaired) electrons. The lowest BCUT2D eigenvalue weighted by molar-refractivity contribution is -0.132. The van der Waals surface area contributed by atoms with E-state index in [9.17, 15) is 9.59 Å². The Morgan fingerprint density at radius 2 is 1.96 bits per heavy atom. The zero-order valence-electron chi connectivity index (χ0n) is 16.0. The Bertz CT molecular complexity index is 1060. The van der Waals surface area contributed by atoms with E-state index >= 15 is 0 Å². The second kappa shape index (κ2) is 7.38. The summed E-state index contributed by atoms with van der Waals surface area (Å²) in [6.07, 6.45) is 1.14. The number of carbonyl (C=O) groups is 2. The Morgan fingerprint density at radius 1 is 1.14 bits per heavy atom. The van der Waals surface area contributed by atoms with Crippen molar-refractivity contribution >= 4 is 22.7 Å². The average molecular weight is 374 g/mol. The lowest BCUT2D eigenvalue weighted by Crippen LogP contribution is -2.48. The molecule has 0 aliphatic carbocycles. The fourth-order valence-electron chi connectivity index (χ4n) is 3.62. The fraction of sp³-hybridized carbons (Fsp3) is 0.273. The third kappa shape index (κ3) is 3.58. The van der Waals surface area contributed by atoms with Gasteiger partial charge in [0.2, 0.25) is 5.91 Å². The minimum atomic E-state index is -0.135. The van der Waals surface area contributed by atoms with Crippen molar-refractivity contribution in [1.82, 2.24) is 20.2 Å². The lowest BCUT2D eigenvalue weighted by Gasteiger charge is -2.30. The second-order valence-electron chi connectivity index (χ2n) is 7.20. The van der Waals surface area contributed by atoms with Crippen molar-refractivity contribution in [3.05, 3.63) is 59.9 Å². The van der Waals surface area contributed by atoms with Crippen LogP contribution >= 0.6 is 0 Å². The number of nitrogens with zero attached hydrogens (tertiary/aromatic N) is 3. The summed E-state index contributed by atoms with van der Waals surface area (Å²) in [5, 5.41) is 4.00. The standard InChI is InChI=1S/C22H22N4O2/c1-14-23-19-9-4-3-8-18(19)21(24-14)15-6-5-7-16(12-15)22(28)25-17-10-11-20(27)26(2)13-17/h3-9,12,17H,10-11,13H2,1-2H3,(H,25,28). The molecule has 0 bridgehead atoms. The van der Waals surface area contributed by atoms with Gasteiger partial charge in [-0.1, -0.05) is 30.3 Å². The summed E-state index contributed by atoms with van der Waals surface area (Å²) in [5.41, 5.74) is 3.17. The summed E-state index contributed by atoms with van der Waals surface area (Å²) >= 11 is 0. The van der Waals surface area contributed by atoms with Crippen LogP contribution in [0.25, 0.3) is 22.2 Å². The van der Waals surface area contributed by atoms with Crippen LogP contribution < -0.4 is 5.32 Å². The van der Waals surface area contributed by atoms with E-state index in [0.717, 1.165) is 22.2 Å². The first-order valence-electron chi connectivity index (χ1n) is 9.40. The number of benzene rings is 2. The molecule has 1 unspecified atom stereocenters. The van der Waals surface area contributed by atoms with Gasteiger partial charge in [-0.25, -0.2) is 9.97 Å². The molecule has 2 amide bonds. The van der Waals surface area contributed by atoms with Gasteiger partial charge in [0.05, 0.1) is 11.2 Å². The number of para-hydroxylation sites is 1. The molecule has 142 valence electrons. The summed E-state index contributed by atoms with van der Waals surface area (Å²) in [5.74, 6) is 0.682. The number of hydrogen-bond donors (Lipinski definition) is 1. The van der Waals surface area contributed by atoms with Crippen LogP contribution in [0, 0.1) is 6.92 Å². The van der Waals surface area contributed by atoms with Crippen molar-refractivity contribution in [3.8, 4) is 11.3 Å². The Balaban J connectivity index is 1.62. The minimum Gasteiger partial charge on any atom is -0.348 e. The van der Waals surface area contributed by atoms with Gasteiger partial charge in [0.1, 0.15) is 5.82 Å². The third-order valence-electron chi connectivity index (χ3n) is 5.08. The molecule has 1 aliphatic heterocycles. The van der Waals surface area contributed by atoms with Crippen molar-refractivity contribution in [2.24, 2.45) is 0 Å². The Kier molecular flexibility index (Phi) is 4.77. The summed E-state index contributed by atoms with van der Waals surface area (Å²) < 4.78 is 0. The van der Waals surface area contributed by atoms with Gasteiger partial charge in [0, 0.05) is 42.6 Å². The number of rotatable bonds is 3. The number of aromatic nitrogens is 2. The highest BCUT2D eigenvalue weighted by Gasteiger charge is 2.24. The van der Waals surface area contributed by atoms with Gasteiger partial charge in [0.25, 0.3) is 5.91 Å². The molecular weight excluding hydrogens is 352 g/mol. The monoisotopic (exact) mass is 374 g/mol. The second-order valence-corrected chi connectivity index (χ2v) is 7.20. The highest BCUT2D eigenvalue weighted by atomic mass is 16.2. The quantitative estimate of drug-likeness (QED) is 0.765. The number of piperidine rings is 1. The van der Waals surface area contributed by atoms with Gasteiger partial charge in [0.15, 0.2) is 0 Å². The number of hydrogen-bond acceptors (Lipinski definition) is 4. The number of carbonyl (C=O) groups excluding carboxylic acids is 2. The average Bonchev–Trinajstić information content (AvgIpc) is 2.70. The van der Waals surface area contributed by atoms with Crippen molar-refractivity contribution in [3.63, 3.8) is 0 Å². The summed E-state index contributed by atoms with van der Waals surface area (Å²) in [6.45, 7) is 2.41. The predicted octanol–water partition coefficient (Wildman–Crippen LogP) is 2.96. The van der Waals surface area contributed by atoms with Gasteiger partial charge in [-0.15, -0.1) is 0 Å². The lowest BCUT2D eigenvalue weighted by atomic mass is 10.0. The van der Waals surface area contributed by atoms with E-state index in [1.807, 2.05) is 49.4 Å². The number of aryl methyl sites for hydroxylation is 1. The van der Waals surface area contributed by atoms with E-state index in [1.54, 1.807) is 18.0 Å². The van der Waals surface area contributed by atoms with E-state index in [2.05, 4.69) is 15.3 Å². The molecule has 1 saturated heterocycles. The first-order chi connectivity index (χ1) is 13.5. The van der Waals surface area contributed by atoms with Gasteiger partial charge < -0.3 is 10.2 Å². The van der Waals surface area contributed by atoms with Crippen molar-refractivity contribution in [2.75, 3.05) is 13.6 Å². The van der Waals surface area contributed by atoms with E-state index < -0.39 is 0 Å². The maximum Gasteiger partial charge on any atom is 0.251 e. The van der Waals surface area contributed by atoms with Crippen LogP contribution in [0.1, 0.15) is 29.0 Å². The molecule has 1 N–H and O–H groups in total. The summed E-state index contributed by atoms with van der Waals surface area (Å²) in [4.78, 5) is 35.2. The molecular formula is C22H22N4O2. The van der Waals surface area contributed by atoms with Crippen LogP contribution in [0.3, 0.4) is 0 Å². The molecule has 3 aromatic rings. The van der Waals surface area contributed by atoms with Crippen molar-refractivity contribution in [2.45, 2.75) is 25.8 Å². The molecule has 28 heavy (non-hydrogen) atoms. The van der Waals surface area contributed by atoms with Crippen molar-refractivity contribution < 1.29 is 9.59 Å². The van der Waals surface area contributed by atoms with E-state index in [4.69, 9.17) is 0 Å². The van der Waals surface area contributed by atoms with Crippen LogP contribution in [0.2, 0.25) is 0 Å². The van der Waals surface area contributed by atoms with E-state index in [-0.39, 0.29) is 17.9 Å². The van der Waals surface area contributed by atoms with Crippen LogP contribution in [0.4, 0.5) is 0 Å². The van der Waals surface area contributed by atoms with Gasteiger partial charge in [-0.05, 0) is 31.5 Å².